The molecule has 22 heavy (non-hydrogen) atoms. The summed E-state index contributed by atoms with van der Waals surface area (Å²) < 4.78 is 1.86. The van der Waals surface area contributed by atoms with Crippen LogP contribution in [0, 0.1) is 0 Å². The van der Waals surface area contributed by atoms with Crippen molar-refractivity contribution in [3.63, 3.8) is 0 Å². The molecule has 1 N–H and O–H groups in total. The maximum Gasteiger partial charge on any atom is 0.317 e. The van der Waals surface area contributed by atoms with Crippen LogP contribution in [0.25, 0.3) is 0 Å². The van der Waals surface area contributed by atoms with Crippen molar-refractivity contribution in [2.24, 2.45) is 0 Å². The summed E-state index contributed by atoms with van der Waals surface area (Å²) in [6.45, 7) is 4.60. The molecule has 2 rings (SSSR count). The van der Waals surface area contributed by atoms with Crippen molar-refractivity contribution in [1.29, 1.82) is 0 Å². The molecule has 118 valence electrons. The van der Waals surface area contributed by atoms with Gasteiger partial charge < -0.3 is 10.2 Å². The van der Waals surface area contributed by atoms with Gasteiger partial charge in [-0.05, 0) is 37.1 Å². The molecule has 0 atom stereocenters. The molecular formula is C16H21ClN4O. The van der Waals surface area contributed by atoms with Crippen molar-refractivity contribution >= 4 is 17.6 Å². The van der Waals surface area contributed by atoms with Crippen LogP contribution < -0.4 is 5.32 Å². The van der Waals surface area contributed by atoms with Crippen LogP contribution in [0.1, 0.15) is 18.9 Å². The van der Waals surface area contributed by atoms with Crippen LogP contribution >= 0.6 is 11.6 Å². The van der Waals surface area contributed by atoms with Gasteiger partial charge >= 0.3 is 6.03 Å². The Bertz CT molecular complexity index is 586. The van der Waals surface area contributed by atoms with Crippen molar-refractivity contribution in [3.05, 3.63) is 53.3 Å². The highest BCUT2D eigenvalue weighted by Gasteiger charge is 2.11. The van der Waals surface area contributed by atoms with E-state index in [4.69, 9.17) is 11.6 Å². The molecule has 1 heterocycles. The van der Waals surface area contributed by atoms with Gasteiger partial charge in [0, 0.05) is 43.6 Å². The van der Waals surface area contributed by atoms with Gasteiger partial charge in [0.2, 0.25) is 0 Å². The Morgan fingerprint density at radius 3 is 2.95 bits per heavy atom. The van der Waals surface area contributed by atoms with Gasteiger partial charge in [0.25, 0.3) is 0 Å². The topological polar surface area (TPSA) is 50.2 Å². The third-order valence-corrected chi connectivity index (χ3v) is 3.57. The third kappa shape index (κ3) is 5.07. The average molecular weight is 321 g/mol. The van der Waals surface area contributed by atoms with Crippen LogP contribution in [-0.4, -0.2) is 33.8 Å². The van der Waals surface area contributed by atoms with Gasteiger partial charge in [0.1, 0.15) is 0 Å². The zero-order valence-corrected chi connectivity index (χ0v) is 13.5. The molecule has 2 aromatic rings. The quantitative estimate of drug-likeness (QED) is 0.797. The second-order valence-corrected chi connectivity index (χ2v) is 5.44. The van der Waals surface area contributed by atoms with E-state index in [1.807, 2.05) is 48.1 Å². The second-order valence-electron chi connectivity index (χ2n) is 5.00. The Hall–Kier alpha value is -2.01. The highest BCUT2D eigenvalue weighted by molar-refractivity contribution is 6.30. The summed E-state index contributed by atoms with van der Waals surface area (Å²) in [6.07, 6.45) is 4.52. The molecular weight excluding hydrogens is 300 g/mol. The summed E-state index contributed by atoms with van der Waals surface area (Å²) >= 11 is 5.98. The van der Waals surface area contributed by atoms with Crippen LogP contribution in [0.15, 0.2) is 42.7 Å². The van der Waals surface area contributed by atoms with Gasteiger partial charge in [0.15, 0.2) is 0 Å². The molecule has 0 radical (unpaired) electrons. The average Bonchev–Trinajstić information content (AvgIpc) is 3.02. The number of amides is 2. The first-order chi connectivity index (χ1) is 10.7. The van der Waals surface area contributed by atoms with Crippen LogP contribution in [0.4, 0.5) is 4.79 Å². The number of urea groups is 1. The molecule has 5 nitrogen and oxygen atoms in total. The molecule has 2 amide bonds. The second kappa shape index (κ2) is 8.44. The zero-order chi connectivity index (χ0) is 15.8. The SMILES string of the molecule is CCN(Cc1cccc(Cl)c1)C(=O)NCCCn1cccn1. The number of nitrogens with zero attached hydrogens (tertiary/aromatic N) is 3. The number of benzene rings is 1. The number of nitrogens with one attached hydrogen (secondary N) is 1. The number of carbonyl (C=O) groups is 1. The summed E-state index contributed by atoms with van der Waals surface area (Å²) in [6, 6.07) is 9.42. The molecule has 0 aliphatic carbocycles. The predicted octanol–water partition coefficient (Wildman–Crippen LogP) is 3.16. The van der Waals surface area contributed by atoms with E-state index in [1.54, 1.807) is 11.1 Å². The molecule has 0 spiro atoms. The summed E-state index contributed by atoms with van der Waals surface area (Å²) in [5, 5.41) is 7.76. The summed E-state index contributed by atoms with van der Waals surface area (Å²) in [5.74, 6) is 0. The number of rotatable bonds is 7. The number of aryl methyl sites for hydroxylation is 1. The lowest BCUT2D eigenvalue weighted by Gasteiger charge is -2.21. The van der Waals surface area contributed by atoms with Gasteiger partial charge in [0.05, 0.1) is 0 Å². The van der Waals surface area contributed by atoms with E-state index in [0.29, 0.717) is 24.7 Å². The lowest BCUT2D eigenvalue weighted by Crippen LogP contribution is -2.40. The van der Waals surface area contributed by atoms with Crippen LogP contribution in [-0.2, 0) is 13.1 Å². The molecule has 0 saturated heterocycles. The maximum atomic E-state index is 12.2. The van der Waals surface area contributed by atoms with E-state index in [1.165, 1.54) is 0 Å². The Labute approximate surface area is 135 Å². The van der Waals surface area contributed by atoms with E-state index in [9.17, 15) is 4.79 Å². The Kier molecular flexibility index (Phi) is 6.27. The largest absolute Gasteiger partial charge is 0.338 e. The van der Waals surface area contributed by atoms with Crippen molar-refractivity contribution in [3.8, 4) is 0 Å². The fourth-order valence-electron chi connectivity index (χ4n) is 2.16. The standard InChI is InChI=1S/C16H21ClN4O/c1-2-20(13-14-6-3-7-15(17)12-14)16(22)18-8-4-10-21-11-5-9-19-21/h3,5-7,9,11-12H,2,4,8,10,13H2,1H3,(H,18,22). The molecule has 0 saturated carbocycles. The molecule has 0 unspecified atom stereocenters. The predicted molar refractivity (Wildman–Crippen MR) is 87.8 cm³/mol. The molecule has 0 bridgehead atoms. The Morgan fingerprint density at radius 2 is 2.27 bits per heavy atom. The summed E-state index contributed by atoms with van der Waals surface area (Å²) in [7, 11) is 0. The first-order valence-electron chi connectivity index (χ1n) is 7.43. The smallest absolute Gasteiger partial charge is 0.317 e. The molecule has 6 heteroatoms. The van der Waals surface area contributed by atoms with Crippen LogP contribution in [0.5, 0.6) is 0 Å². The fourth-order valence-corrected chi connectivity index (χ4v) is 2.38. The van der Waals surface area contributed by atoms with Gasteiger partial charge in [-0.1, -0.05) is 23.7 Å². The van der Waals surface area contributed by atoms with E-state index in [0.717, 1.165) is 18.5 Å². The van der Waals surface area contributed by atoms with E-state index in [2.05, 4.69) is 10.4 Å². The highest BCUT2D eigenvalue weighted by Crippen LogP contribution is 2.12. The highest BCUT2D eigenvalue weighted by atomic mass is 35.5. The number of carbonyl (C=O) groups excluding carboxylic acids is 1. The number of hydrogen-bond acceptors (Lipinski definition) is 2. The minimum absolute atomic E-state index is 0.0528. The molecule has 0 aliphatic rings. The van der Waals surface area contributed by atoms with Gasteiger partial charge in [-0.25, -0.2) is 4.79 Å². The monoisotopic (exact) mass is 320 g/mol. The zero-order valence-electron chi connectivity index (χ0n) is 12.7. The Morgan fingerprint density at radius 1 is 1.41 bits per heavy atom. The molecule has 1 aromatic heterocycles. The van der Waals surface area contributed by atoms with E-state index >= 15 is 0 Å². The van der Waals surface area contributed by atoms with Crippen molar-refractivity contribution < 1.29 is 4.79 Å². The van der Waals surface area contributed by atoms with E-state index in [-0.39, 0.29) is 6.03 Å². The number of hydrogen-bond donors (Lipinski definition) is 1. The molecule has 1 aromatic carbocycles. The molecule has 0 aliphatic heterocycles. The van der Waals surface area contributed by atoms with Gasteiger partial charge in [-0.3, -0.25) is 4.68 Å². The Balaban J connectivity index is 1.76. The van der Waals surface area contributed by atoms with Gasteiger partial charge in [-0.15, -0.1) is 0 Å². The summed E-state index contributed by atoms with van der Waals surface area (Å²) in [4.78, 5) is 13.9. The summed E-state index contributed by atoms with van der Waals surface area (Å²) in [5.41, 5.74) is 1.03. The van der Waals surface area contributed by atoms with E-state index < -0.39 is 0 Å². The fraction of sp³-hybridized carbons (Fsp3) is 0.375. The lowest BCUT2D eigenvalue weighted by atomic mass is 10.2. The minimum Gasteiger partial charge on any atom is -0.338 e. The molecule has 0 fully saturated rings. The first kappa shape index (κ1) is 16.4. The van der Waals surface area contributed by atoms with Gasteiger partial charge in [-0.2, -0.15) is 5.10 Å². The normalized spacial score (nSPS) is 10.5. The lowest BCUT2D eigenvalue weighted by molar-refractivity contribution is 0.198. The van der Waals surface area contributed by atoms with Crippen molar-refractivity contribution in [2.75, 3.05) is 13.1 Å². The van der Waals surface area contributed by atoms with Crippen molar-refractivity contribution in [1.82, 2.24) is 20.0 Å². The third-order valence-electron chi connectivity index (χ3n) is 3.33. The number of halogens is 1. The minimum atomic E-state index is -0.0528. The first-order valence-corrected chi connectivity index (χ1v) is 7.81. The van der Waals surface area contributed by atoms with Crippen molar-refractivity contribution in [2.45, 2.75) is 26.4 Å². The number of aromatic nitrogens is 2. The van der Waals surface area contributed by atoms with Crippen LogP contribution in [0.3, 0.4) is 0 Å². The van der Waals surface area contributed by atoms with Crippen LogP contribution in [0.2, 0.25) is 5.02 Å². The maximum absolute atomic E-state index is 12.2.